The van der Waals surface area contributed by atoms with Crippen LogP contribution in [0.4, 0.5) is 0 Å². The van der Waals surface area contributed by atoms with Gasteiger partial charge in [-0.15, -0.1) is 0 Å². The van der Waals surface area contributed by atoms with E-state index in [0.29, 0.717) is 22.0 Å². The maximum absolute atomic E-state index is 12.0. The lowest BCUT2D eigenvalue weighted by Crippen LogP contribution is -2.42. The summed E-state index contributed by atoms with van der Waals surface area (Å²) >= 11 is 11.8. The van der Waals surface area contributed by atoms with Gasteiger partial charge in [0.25, 0.3) is 0 Å². The molecule has 128 valence electrons. The average molecular weight is 370 g/mol. The highest BCUT2D eigenvalue weighted by molar-refractivity contribution is 6.34. The van der Waals surface area contributed by atoms with Crippen LogP contribution in [0.3, 0.4) is 0 Å². The van der Waals surface area contributed by atoms with Crippen molar-refractivity contribution in [1.29, 1.82) is 0 Å². The maximum atomic E-state index is 12.0. The molecule has 0 spiro atoms. The fourth-order valence-electron chi connectivity index (χ4n) is 2.32. The third-order valence-electron chi connectivity index (χ3n) is 3.53. The highest BCUT2D eigenvalue weighted by Crippen LogP contribution is 2.20. The predicted octanol–water partition coefficient (Wildman–Crippen LogP) is 2.47. The van der Waals surface area contributed by atoms with E-state index in [2.05, 4.69) is 10.4 Å². The van der Waals surface area contributed by atoms with Crippen molar-refractivity contribution in [3.05, 3.63) is 51.8 Å². The first-order valence-electron chi connectivity index (χ1n) is 7.29. The minimum atomic E-state index is -1.11. The van der Waals surface area contributed by atoms with Gasteiger partial charge < -0.3 is 10.4 Å². The molecule has 1 heterocycles. The Labute approximate surface area is 149 Å². The van der Waals surface area contributed by atoms with Crippen LogP contribution in [0.15, 0.2) is 30.5 Å². The molecule has 0 fully saturated rings. The smallest absolute Gasteiger partial charge is 0.326 e. The minimum Gasteiger partial charge on any atom is -0.480 e. The molecule has 0 aliphatic carbocycles. The number of nitrogens with one attached hydrogen (secondary N) is 1. The Morgan fingerprint density at radius 1 is 1.29 bits per heavy atom. The first-order chi connectivity index (χ1) is 11.3. The van der Waals surface area contributed by atoms with Gasteiger partial charge in [-0.1, -0.05) is 23.2 Å². The highest BCUT2D eigenvalue weighted by Gasteiger charge is 2.21. The minimum absolute atomic E-state index is 0.104. The largest absolute Gasteiger partial charge is 0.480 e. The van der Waals surface area contributed by atoms with E-state index >= 15 is 0 Å². The van der Waals surface area contributed by atoms with Gasteiger partial charge in [-0.2, -0.15) is 5.10 Å². The van der Waals surface area contributed by atoms with Crippen LogP contribution >= 0.6 is 23.2 Å². The first kappa shape index (κ1) is 18.3. The lowest BCUT2D eigenvalue weighted by atomic mass is 10.1. The van der Waals surface area contributed by atoms with Crippen LogP contribution in [0.2, 0.25) is 10.0 Å². The fraction of sp³-hybridized carbons (Fsp3) is 0.312. The van der Waals surface area contributed by atoms with Crippen LogP contribution in [0.1, 0.15) is 17.7 Å². The number of aliphatic carboxylic acids is 1. The number of carbonyl (C=O) groups excluding carboxylic acids is 1. The maximum Gasteiger partial charge on any atom is 0.326 e. The van der Waals surface area contributed by atoms with Crippen molar-refractivity contribution >= 4 is 35.1 Å². The monoisotopic (exact) mass is 369 g/mol. The summed E-state index contributed by atoms with van der Waals surface area (Å²) in [5.74, 6) is -1.45. The van der Waals surface area contributed by atoms with Crippen molar-refractivity contribution in [3.8, 4) is 0 Å². The zero-order chi connectivity index (χ0) is 17.7. The fourth-order valence-corrected chi connectivity index (χ4v) is 2.89. The molecule has 1 amide bonds. The number of nitrogens with zero attached hydrogens (tertiary/aromatic N) is 2. The van der Waals surface area contributed by atoms with Crippen LogP contribution in [-0.2, 0) is 29.5 Å². The van der Waals surface area contributed by atoms with Crippen molar-refractivity contribution in [2.45, 2.75) is 25.3 Å². The summed E-state index contributed by atoms with van der Waals surface area (Å²) in [5, 5.41) is 16.7. The Hall–Kier alpha value is -2.05. The van der Waals surface area contributed by atoms with Crippen LogP contribution < -0.4 is 5.32 Å². The number of amides is 1. The lowest BCUT2D eigenvalue weighted by Gasteiger charge is -2.15. The molecule has 0 aliphatic heterocycles. The van der Waals surface area contributed by atoms with Crippen LogP contribution in [0.5, 0.6) is 0 Å². The summed E-state index contributed by atoms with van der Waals surface area (Å²) in [5.41, 5.74) is 1.55. The van der Waals surface area contributed by atoms with E-state index in [-0.39, 0.29) is 18.7 Å². The standard InChI is InChI=1S/C16H17Cl2N3O3/c1-21-13(4-5-19-21)2-3-15(22)20-14(16(23)24)8-10-6-11(17)9-12(18)7-10/h4-7,9,14H,2-3,8H2,1H3,(H,20,22)(H,23,24). The van der Waals surface area contributed by atoms with Crippen LogP contribution in [0.25, 0.3) is 0 Å². The molecule has 0 saturated carbocycles. The summed E-state index contributed by atoms with van der Waals surface area (Å²) in [4.78, 5) is 23.4. The van der Waals surface area contributed by atoms with E-state index in [1.807, 2.05) is 6.07 Å². The number of aromatic nitrogens is 2. The van der Waals surface area contributed by atoms with Crippen molar-refractivity contribution in [2.24, 2.45) is 7.05 Å². The van der Waals surface area contributed by atoms with Crippen LogP contribution in [-0.4, -0.2) is 32.8 Å². The molecule has 2 N–H and O–H groups in total. The van der Waals surface area contributed by atoms with E-state index in [4.69, 9.17) is 23.2 Å². The van der Waals surface area contributed by atoms with Crippen LogP contribution in [0, 0.1) is 0 Å². The summed E-state index contributed by atoms with van der Waals surface area (Å²) in [6, 6.07) is 5.60. The van der Waals surface area contributed by atoms with Gasteiger partial charge >= 0.3 is 5.97 Å². The second-order valence-electron chi connectivity index (χ2n) is 5.39. The van der Waals surface area contributed by atoms with Gasteiger partial charge in [0.1, 0.15) is 6.04 Å². The molecule has 1 unspecified atom stereocenters. The Bertz CT molecular complexity index is 726. The number of benzene rings is 1. The summed E-state index contributed by atoms with van der Waals surface area (Å²) < 4.78 is 1.68. The molecule has 24 heavy (non-hydrogen) atoms. The third-order valence-corrected chi connectivity index (χ3v) is 3.96. The van der Waals surface area contributed by atoms with Crippen molar-refractivity contribution in [2.75, 3.05) is 0 Å². The molecule has 6 nitrogen and oxygen atoms in total. The van der Waals surface area contributed by atoms with Gasteiger partial charge in [-0.3, -0.25) is 9.48 Å². The molecule has 2 aromatic rings. The predicted molar refractivity (Wildman–Crippen MR) is 91.3 cm³/mol. The number of carboxylic acids is 1. The first-order valence-corrected chi connectivity index (χ1v) is 8.05. The molecule has 0 aliphatic rings. The molecule has 0 bridgehead atoms. The highest BCUT2D eigenvalue weighted by atomic mass is 35.5. The third kappa shape index (κ3) is 5.25. The quantitative estimate of drug-likeness (QED) is 0.784. The number of halogens is 2. The number of carboxylic acid groups (broad SMARTS) is 1. The number of hydrogen-bond donors (Lipinski definition) is 2. The zero-order valence-electron chi connectivity index (χ0n) is 13.0. The summed E-state index contributed by atoms with van der Waals surface area (Å²) in [7, 11) is 1.79. The van der Waals surface area contributed by atoms with Gasteiger partial charge in [0.2, 0.25) is 5.91 Å². The summed E-state index contributed by atoms with van der Waals surface area (Å²) in [6.07, 6.45) is 2.42. The second-order valence-corrected chi connectivity index (χ2v) is 6.26. The Morgan fingerprint density at radius 3 is 2.50 bits per heavy atom. The molecule has 0 saturated heterocycles. The zero-order valence-corrected chi connectivity index (χ0v) is 14.5. The molecular weight excluding hydrogens is 353 g/mol. The van der Waals surface area contributed by atoms with E-state index in [0.717, 1.165) is 5.69 Å². The normalized spacial score (nSPS) is 12.0. The van der Waals surface area contributed by atoms with Crippen molar-refractivity contribution in [1.82, 2.24) is 15.1 Å². The van der Waals surface area contributed by atoms with Gasteiger partial charge in [-0.05, 0) is 36.2 Å². The second kappa shape index (κ2) is 8.17. The number of hydrogen-bond acceptors (Lipinski definition) is 3. The SMILES string of the molecule is Cn1nccc1CCC(=O)NC(Cc1cc(Cl)cc(Cl)c1)C(=O)O. The molecule has 1 aromatic carbocycles. The van der Waals surface area contributed by atoms with Gasteiger partial charge in [0.05, 0.1) is 0 Å². The molecule has 1 atom stereocenters. The Kier molecular flexibility index (Phi) is 6.23. The number of rotatable bonds is 7. The van der Waals surface area contributed by atoms with Gasteiger partial charge in [0.15, 0.2) is 0 Å². The van der Waals surface area contributed by atoms with Crippen molar-refractivity contribution < 1.29 is 14.7 Å². The lowest BCUT2D eigenvalue weighted by molar-refractivity contribution is -0.141. The molecule has 0 radical (unpaired) electrons. The van der Waals surface area contributed by atoms with E-state index in [1.165, 1.54) is 0 Å². The number of carbonyl (C=O) groups is 2. The Morgan fingerprint density at radius 2 is 1.96 bits per heavy atom. The number of aryl methyl sites for hydroxylation is 2. The topological polar surface area (TPSA) is 84.2 Å². The van der Waals surface area contributed by atoms with E-state index < -0.39 is 12.0 Å². The van der Waals surface area contributed by atoms with Gasteiger partial charge in [0, 0.05) is 41.8 Å². The van der Waals surface area contributed by atoms with E-state index in [9.17, 15) is 14.7 Å². The molecule has 1 aromatic heterocycles. The molecule has 8 heteroatoms. The van der Waals surface area contributed by atoms with E-state index in [1.54, 1.807) is 36.1 Å². The van der Waals surface area contributed by atoms with Crippen molar-refractivity contribution in [3.63, 3.8) is 0 Å². The van der Waals surface area contributed by atoms with Gasteiger partial charge in [-0.25, -0.2) is 4.79 Å². The molecular formula is C16H17Cl2N3O3. The summed E-state index contributed by atoms with van der Waals surface area (Å²) in [6.45, 7) is 0. The Balaban J connectivity index is 1.96. The molecule has 2 rings (SSSR count). The average Bonchev–Trinajstić information content (AvgIpc) is 2.88.